The number of aliphatic hydroxyl groups excluding tert-OH is 1. The van der Waals surface area contributed by atoms with Crippen LogP contribution in [-0.2, 0) is 35.7 Å². The number of hydrogen-bond donors (Lipinski definition) is 1. The Bertz CT molecular complexity index is 814. The molecule has 5 nitrogen and oxygen atoms in total. The summed E-state index contributed by atoms with van der Waals surface area (Å²) in [6.45, 7) is 19.2. The van der Waals surface area contributed by atoms with Gasteiger partial charge in [0.15, 0.2) is 0 Å². The van der Waals surface area contributed by atoms with Gasteiger partial charge in [0, 0.05) is 17.1 Å². The quantitative estimate of drug-likeness (QED) is 0.276. The molecule has 0 aliphatic rings. The van der Waals surface area contributed by atoms with Crippen LogP contribution in [0.4, 0.5) is 0 Å². The molecular weight excluding hydrogens is 442 g/mol. The molecule has 0 aliphatic carbocycles. The number of benzene rings is 3. The van der Waals surface area contributed by atoms with Gasteiger partial charge in [0.1, 0.15) is 0 Å². The van der Waals surface area contributed by atoms with Gasteiger partial charge in [0.25, 0.3) is 0 Å². The standard InChI is InChI=1S/C19H16OP.4CO.Mn/c20-15-16-9-7-8-14-19(16)21(17-10-3-1-4-11-17)18-12-5-2-6-13-18;4*1-2;/h1-15,20H;;;;;/q-1;;;;;. The molecule has 3 rings (SSSR count). The van der Waals surface area contributed by atoms with Crippen molar-refractivity contribution in [1.29, 1.82) is 0 Å². The Labute approximate surface area is 188 Å². The molecule has 3 aromatic rings. The van der Waals surface area contributed by atoms with Crippen LogP contribution >= 0.6 is 7.92 Å². The molecule has 0 saturated heterocycles. The van der Waals surface area contributed by atoms with Crippen molar-refractivity contribution in [2.45, 2.75) is 0 Å². The fourth-order valence-electron chi connectivity index (χ4n) is 2.38. The van der Waals surface area contributed by atoms with Crippen molar-refractivity contribution < 1.29 is 40.8 Å². The van der Waals surface area contributed by atoms with E-state index in [0.717, 1.165) is 5.56 Å². The minimum atomic E-state index is -0.664. The van der Waals surface area contributed by atoms with Crippen molar-refractivity contribution in [3.63, 3.8) is 0 Å². The normalized spacial score (nSPS) is 7.67. The van der Waals surface area contributed by atoms with Crippen molar-refractivity contribution in [3.05, 3.63) is 124 Å². The van der Waals surface area contributed by atoms with Gasteiger partial charge in [0.05, 0.1) is 0 Å². The van der Waals surface area contributed by atoms with Gasteiger partial charge in [-0.05, 0) is 10.6 Å². The number of hydrogen-bond acceptors (Lipinski definition) is 1. The molecule has 151 valence electrons. The number of rotatable bonds is 4. The Kier molecular flexibility index (Phi) is 24.3. The van der Waals surface area contributed by atoms with Crippen LogP contribution in [0, 0.1) is 33.2 Å². The Morgan fingerprint density at radius 3 is 1.27 bits per heavy atom. The maximum absolute atomic E-state index is 9.55. The first kappa shape index (κ1) is 32.1. The van der Waals surface area contributed by atoms with E-state index in [0.29, 0.717) is 0 Å². The smallest absolute Gasteiger partial charge is 0 e. The summed E-state index contributed by atoms with van der Waals surface area (Å²) in [6, 6.07) is 29.0. The van der Waals surface area contributed by atoms with E-state index in [1.165, 1.54) is 22.5 Å². The first-order valence-electron chi connectivity index (χ1n) is 7.68. The molecule has 7 heteroatoms. The van der Waals surface area contributed by atoms with E-state index >= 15 is 0 Å². The zero-order valence-electron chi connectivity index (χ0n) is 15.6. The van der Waals surface area contributed by atoms with Crippen LogP contribution in [0.2, 0.25) is 0 Å². The maximum atomic E-state index is 9.55. The minimum Gasteiger partial charge on any atom is 0 e. The predicted octanol–water partition coefficient (Wildman–Crippen LogP) is 3.17. The van der Waals surface area contributed by atoms with E-state index in [9.17, 15) is 5.11 Å². The van der Waals surface area contributed by atoms with Crippen molar-refractivity contribution >= 4 is 23.8 Å². The summed E-state index contributed by atoms with van der Waals surface area (Å²) in [5, 5.41) is 13.3. The molecule has 0 spiro atoms. The van der Waals surface area contributed by atoms with E-state index < -0.39 is 7.92 Å². The third-order valence-electron chi connectivity index (χ3n) is 3.35. The van der Waals surface area contributed by atoms with Crippen LogP contribution in [0.1, 0.15) is 5.56 Å². The second-order valence-corrected chi connectivity index (χ2v) is 6.88. The SMILES string of the molecule is O[CH-]c1ccccc1P(c1ccccc1)c1ccccc1.[C-]#[O+].[C-]#[O+].[C-]#[O+].[C-]#[O+].[Mn]. The summed E-state index contributed by atoms with van der Waals surface area (Å²) < 4.78 is 30.0. The van der Waals surface area contributed by atoms with Gasteiger partial charge in [-0.3, -0.25) is 0 Å². The fourth-order valence-corrected chi connectivity index (χ4v) is 4.80. The first-order chi connectivity index (χ1) is 14.4. The van der Waals surface area contributed by atoms with Gasteiger partial charge < -0.3 is 5.11 Å². The Morgan fingerprint density at radius 2 is 0.900 bits per heavy atom. The molecule has 0 fully saturated rings. The van der Waals surface area contributed by atoms with Gasteiger partial charge in [-0.15, -0.1) is 17.4 Å². The third-order valence-corrected chi connectivity index (χ3v) is 5.86. The van der Waals surface area contributed by atoms with Crippen molar-refractivity contribution in [2.75, 3.05) is 0 Å². The Balaban J connectivity index is -0.000000729. The molecular formula is C23H16MnO5P-. The van der Waals surface area contributed by atoms with Gasteiger partial charge in [-0.2, -0.15) is 11.6 Å². The average molecular weight is 458 g/mol. The minimum absolute atomic E-state index is 0. The second-order valence-electron chi connectivity index (χ2n) is 4.69. The van der Waals surface area contributed by atoms with E-state index in [1.54, 1.807) is 0 Å². The second kappa shape index (κ2) is 22.7. The Hall–Kier alpha value is -2.60. The monoisotopic (exact) mass is 458 g/mol. The molecule has 0 unspecified atom stereocenters. The fraction of sp³-hybridized carbons (Fsp3) is 0. The van der Waals surface area contributed by atoms with E-state index in [-0.39, 0.29) is 17.1 Å². The van der Waals surface area contributed by atoms with Gasteiger partial charge >= 0.3 is 45.2 Å². The molecule has 0 aromatic heterocycles. The van der Waals surface area contributed by atoms with Gasteiger partial charge in [-0.1, -0.05) is 81.3 Å². The van der Waals surface area contributed by atoms with E-state index in [1.807, 2.05) is 30.3 Å². The molecule has 0 saturated carbocycles. The van der Waals surface area contributed by atoms with Crippen molar-refractivity contribution in [3.8, 4) is 0 Å². The average Bonchev–Trinajstić information content (AvgIpc) is 2.86. The van der Waals surface area contributed by atoms with Crippen LogP contribution in [-0.4, -0.2) is 5.11 Å². The van der Waals surface area contributed by atoms with Crippen LogP contribution in [0.3, 0.4) is 0 Å². The molecule has 0 aliphatic heterocycles. The largest absolute Gasteiger partial charge is 0 e. The summed E-state index contributed by atoms with van der Waals surface area (Å²) in [4.78, 5) is 0. The molecule has 0 heterocycles. The zero-order chi connectivity index (χ0) is 22.5. The molecule has 0 atom stereocenters. The summed E-state index contributed by atoms with van der Waals surface area (Å²) in [7, 11) is -0.664. The maximum Gasteiger partial charge on any atom is 0 e. The van der Waals surface area contributed by atoms with Crippen LogP contribution in [0.5, 0.6) is 0 Å². The molecule has 0 bridgehead atoms. The van der Waals surface area contributed by atoms with Crippen LogP contribution < -0.4 is 15.9 Å². The summed E-state index contributed by atoms with van der Waals surface area (Å²) in [6.07, 6.45) is 0. The molecule has 0 amide bonds. The zero-order valence-corrected chi connectivity index (χ0v) is 17.6. The Morgan fingerprint density at radius 1 is 0.567 bits per heavy atom. The van der Waals surface area contributed by atoms with Crippen LogP contribution in [0.25, 0.3) is 0 Å². The van der Waals surface area contributed by atoms with Gasteiger partial charge in [0.2, 0.25) is 0 Å². The summed E-state index contributed by atoms with van der Waals surface area (Å²) >= 11 is 0. The predicted molar refractivity (Wildman–Crippen MR) is 106 cm³/mol. The van der Waals surface area contributed by atoms with Crippen molar-refractivity contribution in [2.24, 2.45) is 0 Å². The molecule has 1 N–H and O–H groups in total. The van der Waals surface area contributed by atoms with Gasteiger partial charge in [-0.25, -0.2) is 0 Å². The van der Waals surface area contributed by atoms with Crippen molar-refractivity contribution in [1.82, 2.24) is 0 Å². The third kappa shape index (κ3) is 10.3. The molecule has 3 aromatic carbocycles. The summed E-state index contributed by atoms with van der Waals surface area (Å²) in [5.41, 5.74) is 0.885. The molecule has 1 radical (unpaired) electrons. The van der Waals surface area contributed by atoms with Crippen LogP contribution in [0.15, 0.2) is 84.9 Å². The molecule has 30 heavy (non-hydrogen) atoms. The number of aliphatic hydroxyl groups is 1. The van der Waals surface area contributed by atoms with E-state index in [2.05, 4.69) is 81.2 Å². The summed E-state index contributed by atoms with van der Waals surface area (Å²) in [5.74, 6) is 0. The first-order valence-corrected chi connectivity index (χ1v) is 9.02. The van der Waals surface area contributed by atoms with E-state index in [4.69, 9.17) is 18.6 Å². The topological polar surface area (TPSA) is 99.8 Å².